The average molecular weight is 419 g/mol. The molecule has 4 rings (SSSR count). The number of carbonyl (C=O) groups excluding carboxylic acids is 2. The van der Waals surface area contributed by atoms with Gasteiger partial charge in [0.05, 0.1) is 11.6 Å². The summed E-state index contributed by atoms with van der Waals surface area (Å²) in [6.07, 6.45) is 3.30. The lowest BCUT2D eigenvalue weighted by Gasteiger charge is -2.25. The number of Topliss-reactive ketones (excluding diaryl/α,β-unsaturated/α-hetero) is 1. The van der Waals surface area contributed by atoms with Crippen LogP contribution in [0.3, 0.4) is 0 Å². The van der Waals surface area contributed by atoms with Crippen LogP contribution in [0.4, 0.5) is 0 Å². The van der Waals surface area contributed by atoms with Gasteiger partial charge in [0.1, 0.15) is 5.76 Å². The minimum atomic E-state index is -0.720. The number of rotatable bonds is 4. The summed E-state index contributed by atoms with van der Waals surface area (Å²) in [7, 11) is 0. The Balaban J connectivity index is 1.88. The quantitative estimate of drug-likeness (QED) is 0.380. The summed E-state index contributed by atoms with van der Waals surface area (Å²) < 4.78 is 0. The number of pyridine rings is 1. The van der Waals surface area contributed by atoms with Crippen LogP contribution in [-0.2, 0) is 16.1 Å². The zero-order valence-electron chi connectivity index (χ0n) is 16.2. The van der Waals surface area contributed by atoms with E-state index in [1.54, 1.807) is 42.7 Å². The molecule has 2 aromatic carbocycles. The van der Waals surface area contributed by atoms with E-state index in [0.717, 1.165) is 16.7 Å². The summed E-state index contributed by atoms with van der Waals surface area (Å²) in [4.78, 5) is 31.6. The molecule has 0 radical (unpaired) electrons. The van der Waals surface area contributed by atoms with E-state index in [1.165, 1.54) is 4.90 Å². The SMILES string of the molecule is Cc1cccc(C2/C(=C(/O)c3cccc(Cl)c3)C(=O)C(=O)N2Cc2cccnc2)c1. The van der Waals surface area contributed by atoms with Gasteiger partial charge in [0.2, 0.25) is 0 Å². The van der Waals surface area contributed by atoms with E-state index in [1.807, 2.05) is 37.3 Å². The molecule has 0 aliphatic carbocycles. The van der Waals surface area contributed by atoms with E-state index in [-0.39, 0.29) is 17.9 Å². The van der Waals surface area contributed by atoms with Gasteiger partial charge in [-0.3, -0.25) is 14.6 Å². The molecular formula is C24H19ClN2O3. The van der Waals surface area contributed by atoms with Crippen molar-refractivity contribution in [1.82, 2.24) is 9.88 Å². The van der Waals surface area contributed by atoms with Crippen molar-refractivity contribution < 1.29 is 14.7 Å². The number of aliphatic hydroxyl groups excluding tert-OH is 1. The second-order valence-corrected chi connectivity index (χ2v) is 7.65. The number of benzene rings is 2. The van der Waals surface area contributed by atoms with Crippen molar-refractivity contribution in [2.24, 2.45) is 0 Å². The largest absolute Gasteiger partial charge is 0.507 e. The highest BCUT2D eigenvalue weighted by molar-refractivity contribution is 6.46. The van der Waals surface area contributed by atoms with Crippen LogP contribution >= 0.6 is 11.6 Å². The number of nitrogens with zero attached hydrogens (tertiary/aromatic N) is 2. The first-order chi connectivity index (χ1) is 14.5. The Morgan fingerprint density at radius 3 is 2.60 bits per heavy atom. The second-order valence-electron chi connectivity index (χ2n) is 7.21. The number of likely N-dealkylation sites (tertiary alicyclic amines) is 1. The van der Waals surface area contributed by atoms with Crippen LogP contribution in [0.1, 0.15) is 28.3 Å². The molecule has 30 heavy (non-hydrogen) atoms. The van der Waals surface area contributed by atoms with Crippen molar-refractivity contribution in [3.63, 3.8) is 0 Å². The Hall–Kier alpha value is -3.44. The van der Waals surface area contributed by atoms with Gasteiger partial charge in [-0.15, -0.1) is 0 Å². The minimum absolute atomic E-state index is 0.0526. The smallest absolute Gasteiger partial charge is 0.295 e. The average Bonchev–Trinajstić information content (AvgIpc) is 2.99. The number of ketones is 1. The molecule has 3 aromatic rings. The fraction of sp³-hybridized carbons (Fsp3) is 0.125. The fourth-order valence-corrected chi connectivity index (χ4v) is 3.90. The summed E-state index contributed by atoms with van der Waals surface area (Å²) in [6, 6.07) is 17.1. The maximum absolute atomic E-state index is 13.0. The molecule has 1 aliphatic heterocycles. The predicted molar refractivity (Wildman–Crippen MR) is 115 cm³/mol. The number of hydrogen-bond acceptors (Lipinski definition) is 4. The van der Waals surface area contributed by atoms with Gasteiger partial charge in [0.25, 0.3) is 11.7 Å². The van der Waals surface area contributed by atoms with Crippen LogP contribution in [0.15, 0.2) is 78.6 Å². The van der Waals surface area contributed by atoms with E-state index in [2.05, 4.69) is 4.98 Å². The summed E-state index contributed by atoms with van der Waals surface area (Å²) >= 11 is 6.07. The lowest BCUT2D eigenvalue weighted by Crippen LogP contribution is -2.29. The second kappa shape index (κ2) is 8.13. The van der Waals surface area contributed by atoms with Crippen molar-refractivity contribution in [2.75, 3.05) is 0 Å². The predicted octanol–water partition coefficient (Wildman–Crippen LogP) is 4.67. The summed E-state index contributed by atoms with van der Waals surface area (Å²) in [5, 5.41) is 11.5. The minimum Gasteiger partial charge on any atom is -0.507 e. The highest BCUT2D eigenvalue weighted by atomic mass is 35.5. The standard InChI is InChI=1S/C24H19ClN2O3/c1-15-5-2-7-17(11-15)21-20(22(28)18-8-3-9-19(25)12-18)23(29)24(30)27(21)14-16-6-4-10-26-13-16/h2-13,21,28H,14H2,1H3/b22-20-. The lowest BCUT2D eigenvalue weighted by molar-refractivity contribution is -0.140. The molecule has 1 saturated heterocycles. The summed E-state index contributed by atoms with van der Waals surface area (Å²) in [6.45, 7) is 2.14. The monoisotopic (exact) mass is 418 g/mol. The topological polar surface area (TPSA) is 70.5 Å². The molecule has 2 heterocycles. The molecule has 1 fully saturated rings. The Morgan fingerprint density at radius 2 is 1.90 bits per heavy atom. The maximum atomic E-state index is 13.0. The van der Waals surface area contributed by atoms with E-state index in [9.17, 15) is 14.7 Å². The number of aliphatic hydroxyl groups is 1. The van der Waals surface area contributed by atoms with Gasteiger partial charge in [-0.05, 0) is 36.2 Å². The highest BCUT2D eigenvalue weighted by Crippen LogP contribution is 2.40. The van der Waals surface area contributed by atoms with Crippen molar-refractivity contribution in [3.8, 4) is 0 Å². The van der Waals surface area contributed by atoms with Crippen LogP contribution < -0.4 is 0 Å². The molecule has 0 bridgehead atoms. The van der Waals surface area contributed by atoms with Gasteiger partial charge in [0, 0.05) is 29.5 Å². The van der Waals surface area contributed by atoms with Gasteiger partial charge < -0.3 is 10.0 Å². The first-order valence-electron chi connectivity index (χ1n) is 9.45. The van der Waals surface area contributed by atoms with Gasteiger partial charge in [0.15, 0.2) is 0 Å². The Bertz CT molecular complexity index is 1160. The van der Waals surface area contributed by atoms with Gasteiger partial charge in [-0.2, -0.15) is 0 Å². The molecule has 1 aliphatic rings. The number of halogens is 1. The number of aryl methyl sites for hydroxylation is 1. The van der Waals surface area contributed by atoms with Crippen LogP contribution in [0, 0.1) is 6.92 Å². The fourth-order valence-electron chi connectivity index (χ4n) is 3.71. The van der Waals surface area contributed by atoms with Gasteiger partial charge >= 0.3 is 0 Å². The molecule has 6 heteroatoms. The molecule has 1 atom stereocenters. The van der Waals surface area contributed by atoms with Crippen LogP contribution in [0.25, 0.3) is 5.76 Å². The highest BCUT2D eigenvalue weighted by Gasteiger charge is 2.46. The van der Waals surface area contributed by atoms with Crippen LogP contribution in [0.5, 0.6) is 0 Å². The van der Waals surface area contributed by atoms with Crippen molar-refractivity contribution in [2.45, 2.75) is 19.5 Å². The van der Waals surface area contributed by atoms with Crippen LogP contribution in [-0.4, -0.2) is 26.7 Å². The van der Waals surface area contributed by atoms with E-state index in [4.69, 9.17) is 11.6 Å². The molecular weight excluding hydrogens is 400 g/mol. The molecule has 0 spiro atoms. The molecule has 0 saturated carbocycles. The Kier molecular flexibility index (Phi) is 5.38. The van der Waals surface area contributed by atoms with Crippen LogP contribution in [0.2, 0.25) is 5.02 Å². The number of amides is 1. The van der Waals surface area contributed by atoms with Crippen molar-refractivity contribution in [3.05, 3.63) is 106 Å². The zero-order chi connectivity index (χ0) is 21.3. The Morgan fingerprint density at radius 1 is 1.10 bits per heavy atom. The molecule has 1 amide bonds. The van der Waals surface area contributed by atoms with E-state index >= 15 is 0 Å². The number of carbonyl (C=O) groups is 2. The van der Waals surface area contributed by atoms with Crippen molar-refractivity contribution in [1.29, 1.82) is 0 Å². The molecule has 1 aromatic heterocycles. The lowest BCUT2D eigenvalue weighted by atomic mass is 9.94. The number of hydrogen-bond donors (Lipinski definition) is 1. The molecule has 1 unspecified atom stereocenters. The zero-order valence-corrected chi connectivity index (χ0v) is 17.0. The third kappa shape index (κ3) is 3.72. The maximum Gasteiger partial charge on any atom is 0.295 e. The summed E-state index contributed by atoms with van der Waals surface area (Å²) in [5.41, 5.74) is 2.97. The number of aromatic nitrogens is 1. The Labute approximate surface area is 179 Å². The third-order valence-electron chi connectivity index (χ3n) is 5.07. The third-order valence-corrected chi connectivity index (χ3v) is 5.31. The molecule has 1 N–H and O–H groups in total. The van der Waals surface area contributed by atoms with E-state index < -0.39 is 17.7 Å². The summed E-state index contributed by atoms with van der Waals surface area (Å²) in [5.74, 6) is -1.62. The van der Waals surface area contributed by atoms with Gasteiger partial charge in [-0.1, -0.05) is 59.6 Å². The first-order valence-corrected chi connectivity index (χ1v) is 9.83. The molecule has 5 nitrogen and oxygen atoms in total. The van der Waals surface area contributed by atoms with Gasteiger partial charge in [-0.25, -0.2) is 0 Å². The first kappa shape index (κ1) is 19.9. The van der Waals surface area contributed by atoms with E-state index in [0.29, 0.717) is 10.6 Å². The van der Waals surface area contributed by atoms with Crippen molar-refractivity contribution >= 4 is 29.1 Å². The molecule has 150 valence electrons. The normalized spacial score (nSPS) is 18.1.